The second-order valence-electron chi connectivity index (χ2n) is 4.20. The van der Waals surface area contributed by atoms with Gasteiger partial charge in [0.1, 0.15) is 5.75 Å². The predicted molar refractivity (Wildman–Crippen MR) is 64.6 cm³/mol. The molecule has 0 atom stereocenters. The van der Waals surface area contributed by atoms with Crippen LogP contribution in [0.1, 0.15) is 26.3 Å². The van der Waals surface area contributed by atoms with E-state index in [9.17, 15) is 8.78 Å². The summed E-state index contributed by atoms with van der Waals surface area (Å²) >= 11 is 0. The molecule has 1 aromatic rings. The van der Waals surface area contributed by atoms with Crippen molar-refractivity contribution in [1.29, 1.82) is 0 Å². The van der Waals surface area contributed by atoms with Crippen LogP contribution in [0.2, 0.25) is 0 Å². The summed E-state index contributed by atoms with van der Waals surface area (Å²) in [6.07, 6.45) is 0. The Kier molecular flexibility index (Phi) is 4.87. The number of alkyl halides is 2. The van der Waals surface area contributed by atoms with Gasteiger partial charge in [0, 0.05) is 11.6 Å². The largest absolute Gasteiger partial charge is 0.494 e. The molecule has 0 spiro atoms. The summed E-state index contributed by atoms with van der Waals surface area (Å²) in [7, 11) is 0. The molecular formula is C13H19F2NO. The lowest BCUT2D eigenvalue weighted by Gasteiger charge is -2.19. The van der Waals surface area contributed by atoms with Crippen LogP contribution in [-0.4, -0.2) is 19.2 Å². The van der Waals surface area contributed by atoms with Crippen molar-refractivity contribution in [3.05, 3.63) is 29.8 Å². The Labute approximate surface area is 101 Å². The van der Waals surface area contributed by atoms with Crippen LogP contribution >= 0.6 is 0 Å². The maximum absolute atomic E-state index is 13.7. The van der Waals surface area contributed by atoms with Gasteiger partial charge in [-0.05, 0) is 31.2 Å². The SMILES string of the molecule is CCOc1ccc(C(F)(F)CNC(C)C)cc1. The number of hydrogen-bond donors (Lipinski definition) is 1. The Morgan fingerprint density at radius 3 is 2.29 bits per heavy atom. The van der Waals surface area contributed by atoms with Gasteiger partial charge in [0.2, 0.25) is 0 Å². The number of rotatable bonds is 6. The molecule has 17 heavy (non-hydrogen) atoms. The fourth-order valence-electron chi connectivity index (χ4n) is 1.40. The van der Waals surface area contributed by atoms with Crippen LogP contribution in [0.4, 0.5) is 8.78 Å². The molecule has 0 unspecified atom stereocenters. The molecule has 0 aliphatic heterocycles. The summed E-state index contributed by atoms with van der Waals surface area (Å²) in [6, 6.07) is 6.01. The van der Waals surface area contributed by atoms with Crippen LogP contribution in [0.15, 0.2) is 24.3 Å². The molecule has 0 fully saturated rings. The van der Waals surface area contributed by atoms with Crippen molar-refractivity contribution in [3.8, 4) is 5.75 Å². The van der Waals surface area contributed by atoms with Crippen molar-refractivity contribution in [1.82, 2.24) is 5.32 Å². The molecule has 0 bridgehead atoms. The van der Waals surface area contributed by atoms with Gasteiger partial charge in [-0.2, -0.15) is 8.78 Å². The van der Waals surface area contributed by atoms with E-state index in [1.165, 1.54) is 12.1 Å². The fraction of sp³-hybridized carbons (Fsp3) is 0.538. The van der Waals surface area contributed by atoms with Gasteiger partial charge in [-0.25, -0.2) is 0 Å². The molecular weight excluding hydrogens is 224 g/mol. The first-order valence-corrected chi connectivity index (χ1v) is 5.80. The van der Waals surface area contributed by atoms with Crippen molar-refractivity contribution < 1.29 is 13.5 Å². The molecule has 0 aromatic heterocycles. The van der Waals surface area contributed by atoms with E-state index in [1.807, 2.05) is 20.8 Å². The summed E-state index contributed by atoms with van der Waals surface area (Å²) in [5, 5.41) is 2.74. The topological polar surface area (TPSA) is 21.3 Å². The van der Waals surface area contributed by atoms with E-state index in [0.29, 0.717) is 12.4 Å². The van der Waals surface area contributed by atoms with Crippen LogP contribution in [0.3, 0.4) is 0 Å². The first-order chi connectivity index (χ1) is 7.95. The Hall–Kier alpha value is -1.16. The van der Waals surface area contributed by atoms with Gasteiger partial charge in [0.25, 0.3) is 5.92 Å². The van der Waals surface area contributed by atoms with E-state index >= 15 is 0 Å². The minimum Gasteiger partial charge on any atom is -0.494 e. The summed E-state index contributed by atoms with van der Waals surface area (Å²) in [5.74, 6) is -2.24. The summed E-state index contributed by atoms with van der Waals surface area (Å²) < 4.78 is 32.7. The van der Waals surface area contributed by atoms with Crippen LogP contribution in [0.5, 0.6) is 5.75 Å². The average molecular weight is 243 g/mol. The number of halogens is 2. The Morgan fingerprint density at radius 2 is 1.82 bits per heavy atom. The third-order valence-corrected chi connectivity index (χ3v) is 2.32. The lowest BCUT2D eigenvalue weighted by Crippen LogP contribution is -2.34. The molecule has 4 heteroatoms. The zero-order valence-electron chi connectivity index (χ0n) is 10.5. The molecule has 1 N–H and O–H groups in total. The highest BCUT2D eigenvalue weighted by Crippen LogP contribution is 2.28. The minimum absolute atomic E-state index is 0.00843. The molecule has 2 nitrogen and oxygen atoms in total. The number of nitrogens with one attached hydrogen (secondary N) is 1. The Balaban J connectivity index is 2.70. The maximum atomic E-state index is 13.7. The van der Waals surface area contributed by atoms with Crippen LogP contribution < -0.4 is 10.1 Å². The van der Waals surface area contributed by atoms with E-state index in [0.717, 1.165) is 0 Å². The van der Waals surface area contributed by atoms with Gasteiger partial charge in [-0.1, -0.05) is 13.8 Å². The van der Waals surface area contributed by atoms with Crippen molar-refractivity contribution in [2.24, 2.45) is 0 Å². The first kappa shape index (κ1) is 13.9. The van der Waals surface area contributed by atoms with Gasteiger partial charge in [-0.15, -0.1) is 0 Å². The van der Waals surface area contributed by atoms with Crippen molar-refractivity contribution >= 4 is 0 Å². The molecule has 0 aliphatic rings. The molecule has 0 saturated heterocycles. The van der Waals surface area contributed by atoms with Crippen molar-refractivity contribution in [2.75, 3.05) is 13.2 Å². The third-order valence-electron chi connectivity index (χ3n) is 2.32. The molecule has 96 valence electrons. The smallest absolute Gasteiger partial charge is 0.285 e. The molecule has 0 amide bonds. The number of hydrogen-bond acceptors (Lipinski definition) is 2. The Bertz CT molecular complexity index is 336. The monoisotopic (exact) mass is 243 g/mol. The minimum atomic E-state index is -2.85. The standard InChI is InChI=1S/C13H19F2NO/c1-4-17-12-7-5-11(6-8-12)13(14,15)9-16-10(2)3/h5-8,10,16H,4,9H2,1-3H3. The average Bonchev–Trinajstić information content (AvgIpc) is 2.28. The van der Waals surface area contributed by atoms with Crippen LogP contribution in [-0.2, 0) is 5.92 Å². The van der Waals surface area contributed by atoms with E-state index in [4.69, 9.17) is 4.74 Å². The van der Waals surface area contributed by atoms with Crippen molar-refractivity contribution in [2.45, 2.75) is 32.7 Å². The lowest BCUT2D eigenvalue weighted by atomic mass is 10.1. The highest BCUT2D eigenvalue weighted by molar-refractivity contribution is 5.30. The van der Waals surface area contributed by atoms with Gasteiger partial charge in [-0.3, -0.25) is 0 Å². The maximum Gasteiger partial charge on any atom is 0.285 e. The molecule has 0 radical (unpaired) electrons. The van der Waals surface area contributed by atoms with Gasteiger partial charge < -0.3 is 10.1 Å². The third kappa shape index (κ3) is 4.30. The highest BCUT2D eigenvalue weighted by Gasteiger charge is 2.31. The van der Waals surface area contributed by atoms with Crippen molar-refractivity contribution in [3.63, 3.8) is 0 Å². The lowest BCUT2D eigenvalue weighted by molar-refractivity contribution is -0.00487. The Morgan fingerprint density at radius 1 is 1.24 bits per heavy atom. The van der Waals surface area contributed by atoms with Crippen LogP contribution in [0.25, 0.3) is 0 Å². The zero-order chi connectivity index (χ0) is 12.9. The van der Waals surface area contributed by atoms with E-state index in [-0.39, 0.29) is 18.2 Å². The quantitative estimate of drug-likeness (QED) is 0.828. The number of ether oxygens (including phenoxy) is 1. The predicted octanol–water partition coefficient (Wildman–Crippen LogP) is 3.18. The fourth-order valence-corrected chi connectivity index (χ4v) is 1.40. The highest BCUT2D eigenvalue weighted by atomic mass is 19.3. The second-order valence-corrected chi connectivity index (χ2v) is 4.20. The van der Waals surface area contributed by atoms with Gasteiger partial charge in [0.15, 0.2) is 0 Å². The molecule has 0 saturated carbocycles. The first-order valence-electron chi connectivity index (χ1n) is 5.80. The van der Waals surface area contributed by atoms with Crippen LogP contribution in [0, 0.1) is 0 Å². The second kappa shape index (κ2) is 5.96. The zero-order valence-corrected chi connectivity index (χ0v) is 10.5. The molecule has 0 heterocycles. The summed E-state index contributed by atoms with van der Waals surface area (Å²) in [6.45, 7) is 5.72. The normalized spacial score (nSPS) is 11.9. The molecule has 1 rings (SSSR count). The van der Waals surface area contributed by atoms with E-state index in [2.05, 4.69) is 5.32 Å². The summed E-state index contributed by atoms with van der Waals surface area (Å²) in [5.41, 5.74) is 0.00843. The molecule has 0 aliphatic carbocycles. The van der Waals surface area contributed by atoms with E-state index < -0.39 is 5.92 Å². The van der Waals surface area contributed by atoms with E-state index in [1.54, 1.807) is 12.1 Å². The van der Waals surface area contributed by atoms with Gasteiger partial charge in [0.05, 0.1) is 13.2 Å². The number of benzene rings is 1. The summed E-state index contributed by atoms with van der Waals surface area (Å²) in [4.78, 5) is 0. The molecule has 1 aromatic carbocycles. The van der Waals surface area contributed by atoms with Gasteiger partial charge >= 0.3 is 0 Å².